The molecule has 1 saturated carbocycles. The van der Waals surface area contributed by atoms with Crippen molar-refractivity contribution in [1.82, 2.24) is 4.57 Å². The summed E-state index contributed by atoms with van der Waals surface area (Å²) in [7, 11) is 0. The van der Waals surface area contributed by atoms with Crippen LogP contribution < -0.4 is 0 Å². The largest absolute Gasteiger partial charge is 0.347 e. The number of aromatic nitrogens is 1. The van der Waals surface area contributed by atoms with Crippen molar-refractivity contribution in [2.24, 2.45) is 10.9 Å². The van der Waals surface area contributed by atoms with Crippen LogP contribution in [-0.2, 0) is 6.54 Å². The van der Waals surface area contributed by atoms with Crippen LogP contribution in [0.15, 0.2) is 59.7 Å². The highest BCUT2D eigenvalue weighted by molar-refractivity contribution is 6.25. The predicted octanol–water partition coefficient (Wildman–Crippen LogP) is 7.17. The minimum absolute atomic E-state index is 0.0462. The van der Waals surface area contributed by atoms with Gasteiger partial charge in [-0.25, -0.2) is 0 Å². The molecule has 1 aromatic heterocycles. The first-order chi connectivity index (χ1) is 15.6. The lowest BCUT2D eigenvalue weighted by atomic mass is 9.89. The van der Waals surface area contributed by atoms with Crippen LogP contribution in [0.3, 0.4) is 0 Å². The number of nitrogens with zero attached hydrogens (tertiary/aromatic N) is 2. The molecule has 2 heterocycles. The van der Waals surface area contributed by atoms with Gasteiger partial charge < -0.3 is 4.57 Å². The molecule has 1 aliphatic heterocycles. The second kappa shape index (κ2) is 9.07. The van der Waals surface area contributed by atoms with E-state index in [1.165, 1.54) is 48.6 Å². The first-order valence-electron chi connectivity index (χ1n) is 11.7. The van der Waals surface area contributed by atoms with E-state index in [-0.39, 0.29) is 11.2 Å². The van der Waals surface area contributed by atoms with Crippen molar-refractivity contribution in [2.75, 3.05) is 6.54 Å². The number of Topliss-reactive ketones (excluding diaryl/α,β-unsaturated/α-hetero) is 1. The Labute approximate surface area is 194 Å². The molecule has 3 nitrogen and oxygen atoms in total. The molecule has 0 spiro atoms. The Hall–Kier alpha value is -2.65. The zero-order valence-corrected chi connectivity index (χ0v) is 19.3. The number of ketones is 1. The van der Waals surface area contributed by atoms with Gasteiger partial charge in [-0.2, -0.15) is 0 Å². The van der Waals surface area contributed by atoms with E-state index in [0.717, 1.165) is 34.7 Å². The van der Waals surface area contributed by atoms with Gasteiger partial charge in [0.05, 0.1) is 11.9 Å². The smallest absolute Gasteiger partial charge is 0.159 e. The van der Waals surface area contributed by atoms with Crippen molar-refractivity contribution in [3.05, 3.63) is 65.9 Å². The number of dihydropyridines is 1. The van der Waals surface area contributed by atoms with E-state index >= 15 is 0 Å². The maximum absolute atomic E-state index is 11.7. The van der Waals surface area contributed by atoms with Crippen LogP contribution in [0.5, 0.6) is 0 Å². The summed E-state index contributed by atoms with van der Waals surface area (Å²) in [5.41, 5.74) is 6.63. The van der Waals surface area contributed by atoms with Crippen LogP contribution in [0.1, 0.15) is 54.9 Å². The fourth-order valence-corrected chi connectivity index (χ4v) is 5.31. The van der Waals surface area contributed by atoms with Gasteiger partial charge in [0.2, 0.25) is 0 Å². The van der Waals surface area contributed by atoms with E-state index < -0.39 is 0 Å². The molecule has 2 aromatic carbocycles. The SMILES string of the molecule is CC(=O)c1ccc(-c2cn(CC3CCCCC3)c3cc(C4=CC(Cl)CN=C4)ccc23)cc1. The number of hydrogen-bond donors (Lipinski definition) is 0. The molecule has 3 aromatic rings. The summed E-state index contributed by atoms with van der Waals surface area (Å²) in [5, 5.41) is 1.20. The summed E-state index contributed by atoms with van der Waals surface area (Å²) in [6.45, 7) is 3.31. The minimum atomic E-state index is -0.0462. The number of allylic oxidation sites excluding steroid dienone is 1. The van der Waals surface area contributed by atoms with Gasteiger partial charge in [-0.15, -0.1) is 11.6 Å². The molecule has 5 rings (SSSR count). The number of alkyl halides is 1. The lowest BCUT2D eigenvalue weighted by Gasteiger charge is -2.22. The molecule has 4 heteroatoms. The van der Waals surface area contributed by atoms with E-state index in [2.05, 4.69) is 52.2 Å². The van der Waals surface area contributed by atoms with Crippen LogP contribution in [-0.4, -0.2) is 28.5 Å². The third-order valence-corrected chi connectivity index (χ3v) is 7.13. The number of carbonyl (C=O) groups excluding carboxylic acids is 1. The maximum atomic E-state index is 11.7. The molecule has 0 N–H and O–H groups in total. The molecule has 32 heavy (non-hydrogen) atoms. The number of carbonyl (C=O) groups is 1. The first-order valence-corrected chi connectivity index (χ1v) is 12.1. The van der Waals surface area contributed by atoms with Gasteiger partial charge in [0.15, 0.2) is 5.78 Å². The molecule has 1 fully saturated rings. The van der Waals surface area contributed by atoms with Crippen molar-refractivity contribution in [3.8, 4) is 11.1 Å². The summed E-state index contributed by atoms with van der Waals surface area (Å²) < 4.78 is 2.45. The molecule has 1 unspecified atom stereocenters. The summed E-state index contributed by atoms with van der Waals surface area (Å²) in [5.74, 6) is 0.833. The summed E-state index contributed by atoms with van der Waals surface area (Å²) in [6.07, 6.45) is 13.0. The van der Waals surface area contributed by atoms with E-state index in [1.807, 2.05) is 18.3 Å². The summed E-state index contributed by atoms with van der Waals surface area (Å²) in [6, 6.07) is 14.7. The van der Waals surface area contributed by atoms with Crippen LogP contribution in [0, 0.1) is 5.92 Å². The monoisotopic (exact) mass is 444 g/mol. The second-order valence-electron chi connectivity index (χ2n) is 9.20. The van der Waals surface area contributed by atoms with Crippen LogP contribution >= 0.6 is 11.6 Å². The zero-order valence-electron chi connectivity index (χ0n) is 18.6. The van der Waals surface area contributed by atoms with Crippen molar-refractivity contribution >= 4 is 40.1 Å². The quantitative estimate of drug-likeness (QED) is 0.303. The fraction of sp³-hybridized carbons (Fsp3) is 0.357. The standard InChI is InChI=1S/C28H29ClN2O/c1-19(32)21-7-9-22(10-8-21)27-18-31(17-20-5-3-2-4-6-20)28-14-23(11-12-26(27)28)24-13-25(29)16-30-15-24/h7-15,18,20,25H,2-6,16-17H2,1H3. The lowest BCUT2D eigenvalue weighted by Crippen LogP contribution is -2.13. The number of halogens is 1. The van der Waals surface area contributed by atoms with Crippen LogP contribution in [0.4, 0.5) is 0 Å². The number of benzene rings is 2. The Balaban J connectivity index is 1.59. The second-order valence-corrected chi connectivity index (χ2v) is 9.76. The van der Waals surface area contributed by atoms with Crippen molar-refractivity contribution in [2.45, 2.75) is 50.9 Å². The van der Waals surface area contributed by atoms with Gasteiger partial charge >= 0.3 is 0 Å². The van der Waals surface area contributed by atoms with Crippen LogP contribution in [0.2, 0.25) is 0 Å². The Bertz CT molecular complexity index is 1200. The van der Waals surface area contributed by atoms with Gasteiger partial charge in [0.1, 0.15) is 0 Å². The Kier molecular flexibility index (Phi) is 6.01. The highest BCUT2D eigenvalue weighted by atomic mass is 35.5. The van der Waals surface area contributed by atoms with Gasteiger partial charge in [-0.3, -0.25) is 9.79 Å². The topological polar surface area (TPSA) is 34.4 Å². The van der Waals surface area contributed by atoms with Crippen LogP contribution in [0.25, 0.3) is 27.6 Å². The van der Waals surface area contributed by atoms with Gasteiger partial charge in [0, 0.05) is 41.0 Å². The molecule has 0 radical (unpaired) electrons. The number of aliphatic imine (C=N–C) groups is 1. The number of fused-ring (bicyclic) bond motifs is 1. The molecular formula is C28H29ClN2O. The molecule has 0 saturated heterocycles. The fourth-order valence-electron chi connectivity index (χ4n) is 5.10. The van der Waals surface area contributed by atoms with E-state index in [0.29, 0.717) is 6.54 Å². The molecule has 1 atom stereocenters. The minimum Gasteiger partial charge on any atom is -0.347 e. The molecule has 2 aliphatic rings. The Morgan fingerprint density at radius 2 is 1.81 bits per heavy atom. The van der Waals surface area contributed by atoms with Gasteiger partial charge in [-0.1, -0.05) is 61.7 Å². The normalized spacial score (nSPS) is 19.3. The van der Waals surface area contributed by atoms with E-state index in [4.69, 9.17) is 11.6 Å². The average molecular weight is 445 g/mol. The Morgan fingerprint density at radius 1 is 1.06 bits per heavy atom. The summed E-state index contributed by atoms with van der Waals surface area (Å²) in [4.78, 5) is 16.1. The number of hydrogen-bond acceptors (Lipinski definition) is 2. The van der Waals surface area contributed by atoms with Crippen molar-refractivity contribution in [3.63, 3.8) is 0 Å². The predicted molar refractivity (Wildman–Crippen MR) is 135 cm³/mol. The van der Waals surface area contributed by atoms with Crippen molar-refractivity contribution < 1.29 is 4.79 Å². The highest BCUT2D eigenvalue weighted by Gasteiger charge is 2.18. The molecular weight excluding hydrogens is 416 g/mol. The van der Waals surface area contributed by atoms with E-state index in [1.54, 1.807) is 6.92 Å². The molecule has 0 amide bonds. The summed E-state index contributed by atoms with van der Waals surface area (Å²) >= 11 is 6.34. The molecule has 164 valence electrons. The molecule has 1 aliphatic carbocycles. The first kappa shape index (κ1) is 21.2. The number of rotatable bonds is 5. The van der Waals surface area contributed by atoms with E-state index in [9.17, 15) is 4.79 Å². The maximum Gasteiger partial charge on any atom is 0.159 e. The van der Waals surface area contributed by atoms with Gasteiger partial charge in [0.25, 0.3) is 0 Å². The third kappa shape index (κ3) is 4.31. The zero-order chi connectivity index (χ0) is 22.1. The van der Waals surface area contributed by atoms with Crippen molar-refractivity contribution in [1.29, 1.82) is 0 Å². The lowest BCUT2D eigenvalue weighted by molar-refractivity contribution is 0.101. The third-order valence-electron chi connectivity index (χ3n) is 6.87. The molecule has 0 bridgehead atoms. The Morgan fingerprint density at radius 3 is 2.53 bits per heavy atom. The average Bonchev–Trinajstić information content (AvgIpc) is 3.17. The highest BCUT2D eigenvalue weighted by Crippen LogP contribution is 2.35. The van der Waals surface area contributed by atoms with Gasteiger partial charge in [-0.05, 0) is 48.4 Å².